The maximum atomic E-state index is 4.27. The van der Waals surface area contributed by atoms with Crippen LogP contribution in [0.1, 0.15) is 20.8 Å². The van der Waals surface area contributed by atoms with E-state index in [1.165, 1.54) is 22.5 Å². The Kier molecular flexibility index (Phi) is 2.89. The SMILES string of the molecule is C=C1C2=CC(C=C2)CN1C(C)N1CC(/C=C\C)=C1C. The molecule has 2 aliphatic heterocycles. The van der Waals surface area contributed by atoms with E-state index in [0.29, 0.717) is 12.1 Å². The summed E-state index contributed by atoms with van der Waals surface area (Å²) in [4.78, 5) is 4.90. The van der Waals surface area contributed by atoms with Gasteiger partial charge in [-0.2, -0.15) is 0 Å². The van der Waals surface area contributed by atoms with E-state index < -0.39 is 0 Å². The molecule has 2 heterocycles. The molecule has 0 aromatic rings. The summed E-state index contributed by atoms with van der Waals surface area (Å²) in [6, 6.07) is 0. The van der Waals surface area contributed by atoms with Crippen LogP contribution in [0.2, 0.25) is 0 Å². The molecule has 0 N–H and O–H groups in total. The van der Waals surface area contributed by atoms with Gasteiger partial charge in [-0.25, -0.2) is 0 Å². The second-order valence-corrected chi connectivity index (χ2v) is 5.61. The number of hydrogen-bond acceptors (Lipinski definition) is 2. The third-order valence-corrected chi connectivity index (χ3v) is 4.51. The van der Waals surface area contributed by atoms with Crippen LogP contribution in [0.3, 0.4) is 0 Å². The van der Waals surface area contributed by atoms with Gasteiger partial charge in [0.15, 0.2) is 0 Å². The van der Waals surface area contributed by atoms with Gasteiger partial charge >= 0.3 is 0 Å². The lowest BCUT2D eigenvalue weighted by Crippen LogP contribution is -2.51. The molecule has 2 atom stereocenters. The molecular formula is C17H22N2. The van der Waals surface area contributed by atoms with Crippen molar-refractivity contribution in [3.8, 4) is 0 Å². The summed E-state index contributed by atoms with van der Waals surface area (Å²) < 4.78 is 0. The van der Waals surface area contributed by atoms with Gasteiger partial charge in [-0.3, -0.25) is 0 Å². The van der Waals surface area contributed by atoms with Crippen molar-refractivity contribution in [2.24, 2.45) is 5.92 Å². The zero-order valence-electron chi connectivity index (χ0n) is 12.1. The average Bonchev–Trinajstić information content (AvgIpc) is 2.81. The summed E-state index contributed by atoms with van der Waals surface area (Å²) in [6.07, 6.45) is 11.6. The number of fused-ring (bicyclic) bond motifs is 1. The van der Waals surface area contributed by atoms with E-state index in [1.54, 1.807) is 0 Å². The van der Waals surface area contributed by atoms with Crippen molar-refractivity contribution in [1.29, 1.82) is 0 Å². The van der Waals surface area contributed by atoms with Crippen LogP contribution in [0.5, 0.6) is 0 Å². The second-order valence-electron chi connectivity index (χ2n) is 5.61. The molecule has 19 heavy (non-hydrogen) atoms. The molecule has 0 spiro atoms. The summed E-state index contributed by atoms with van der Waals surface area (Å²) in [5.41, 5.74) is 5.33. The predicted octanol–water partition coefficient (Wildman–Crippen LogP) is 3.44. The average molecular weight is 254 g/mol. The fraction of sp³-hybridized carbons (Fsp3) is 0.412. The highest BCUT2D eigenvalue weighted by Crippen LogP contribution is 2.36. The molecule has 3 rings (SSSR count). The summed E-state index contributed by atoms with van der Waals surface area (Å²) in [5.74, 6) is 0.573. The molecule has 2 bridgehead atoms. The van der Waals surface area contributed by atoms with E-state index in [2.05, 4.69) is 67.5 Å². The van der Waals surface area contributed by atoms with Gasteiger partial charge < -0.3 is 9.80 Å². The van der Waals surface area contributed by atoms with Crippen LogP contribution in [-0.4, -0.2) is 29.1 Å². The van der Waals surface area contributed by atoms with Crippen LogP contribution in [0.4, 0.5) is 0 Å². The van der Waals surface area contributed by atoms with Gasteiger partial charge in [0.05, 0.1) is 6.17 Å². The van der Waals surface area contributed by atoms with E-state index in [-0.39, 0.29) is 0 Å². The van der Waals surface area contributed by atoms with Gasteiger partial charge in [-0.1, -0.05) is 37.0 Å². The van der Waals surface area contributed by atoms with Gasteiger partial charge in [-0.15, -0.1) is 0 Å². The van der Waals surface area contributed by atoms with E-state index in [1.807, 2.05) is 0 Å². The Balaban J connectivity index is 1.75. The predicted molar refractivity (Wildman–Crippen MR) is 80.2 cm³/mol. The zero-order valence-corrected chi connectivity index (χ0v) is 12.1. The number of nitrogens with zero attached hydrogens (tertiary/aromatic N) is 2. The number of hydrogen-bond donors (Lipinski definition) is 0. The summed E-state index contributed by atoms with van der Waals surface area (Å²) in [5, 5.41) is 0. The maximum Gasteiger partial charge on any atom is 0.0987 e. The van der Waals surface area contributed by atoms with E-state index in [0.717, 1.165) is 13.1 Å². The topological polar surface area (TPSA) is 6.48 Å². The minimum Gasteiger partial charge on any atom is -0.351 e. The van der Waals surface area contributed by atoms with Crippen LogP contribution in [0.25, 0.3) is 0 Å². The molecule has 100 valence electrons. The Morgan fingerprint density at radius 3 is 2.89 bits per heavy atom. The smallest absolute Gasteiger partial charge is 0.0987 e. The van der Waals surface area contributed by atoms with E-state index in [4.69, 9.17) is 0 Å². The van der Waals surface area contributed by atoms with Gasteiger partial charge in [0, 0.05) is 30.4 Å². The minimum absolute atomic E-state index is 0.396. The molecule has 0 saturated carbocycles. The summed E-state index contributed by atoms with van der Waals surface area (Å²) in [7, 11) is 0. The Bertz CT molecular complexity index is 533. The lowest BCUT2D eigenvalue weighted by atomic mass is 10.0. The zero-order chi connectivity index (χ0) is 13.6. The van der Waals surface area contributed by atoms with E-state index in [9.17, 15) is 0 Å². The molecule has 0 radical (unpaired) electrons. The molecule has 0 aromatic carbocycles. The first-order chi connectivity index (χ1) is 9.11. The van der Waals surface area contributed by atoms with Crippen molar-refractivity contribution >= 4 is 0 Å². The van der Waals surface area contributed by atoms with Gasteiger partial charge in [-0.05, 0) is 31.9 Å². The third kappa shape index (κ3) is 1.86. The van der Waals surface area contributed by atoms with E-state index >= 15 is 0 Å². The highest BCUT2D eigenvalue weighted by Gasteiger charge is 2.33. The lowest BCUT2D eigenvalue weighted by Gasteiger charge is -2.48. The fourth-order valence-electron chi connectivity index (χ4n) is 3.22. The van der Waals surface area contributed by atoms with Crippen molar-refractivity contribution in [3.63, 3.8) is 0 Å². The lowest BCUT2D eigenvalue weighted by molar-refractivity contribution is 0.0965. The molecule has 2 nitrogen and oxygen atoms in total. The number of allylic oxidation sites excluding steroid dienone is 3. The van der Waals surface area contributed by atoms with Crippen molar-refractivity contribution in [2.45, 2.75) is 26.9 Å². The van der Waals surface area contributed by atoms with Crippen LogP contribution in [0, 0.1) is 5.92 Å². The first-order valence-corrected chi connectivity index (χ1v) is 7.07. The maximum absolute atomic E-state index is 4.27. The van der Waals surface area contributed by atoms with Crippen LogP contribution < -0.4 is 0 Å². The molecular weight excluding hydrogens is 232 g/mol. The first-order valence-electron chi connectivity index (χ1n) is 7.07. The Hall–Kier alpha value is -1.70. The number of rotatable bonds is 3. The van der Waals surface area contributed by atoms with Crippen molar-refractivity contribution in [1.82, 2.24) is 9.80 Å². The molecule has 2 unspecified atom stereocenters. The van der Waals surface area contributed by atoms with Gasteiger partial charge in [0.2, 0.25) is 0 Å². The molecule has 3 aliphatic rings. The largest absolute Gasteiger partial charge is 0.351 e. The van der Waals surface area contributed by atoms with Crippen LogP contribution >= 0.6 is 0 Å². The minimum atomic E-state index is 0.396. The third-order valence-electron chi connectivity index (χ3n) is 4.51. The van der Waals surface area contributed by atoms with Crippen molar-refractivity contribution in [2.75, 3.05) is 13.1 Å². The summed E-state index contributed by atoms with van der Waals surface area (Å²) >= 11 is 0. The molecule has 0 fully saturated rings. The molecule has 0 amide bonds. The quantitative estimate of drug-likeness (QED) is 0.761. The van der Waals surface area contributed by atoms with Crippen molar-refractivity contribution < 1.29 is 0 Å². The summed E-state index contributed by atoms with van der Waals surface area (Å²) in [6.45, 7) is 13.0. The molecule has 2 heteroatoms. The monoisotopic (exact) mass is 254 g/mol. The fourth-order valence-corrected chi connectivity index (χ4v) is 3.22. The molecule has 0 aromatic heterocycles. The highest BCUT2D eigenvalue weighted by molar-refractivity contribution is 5.46. The Morgan fingerprint density at radius 2 is 2.21 bits per heavy atom. The first kappa shape index (κ1) is 12.3. The second kappa shape index (κ2) is 4.44. The van der Waals surface area contributed by atoms with Crippen LogP contribution in [0.15, 0.2) is 59.5 Å². The normalized spacial score (nSPS) is 27.2. The van der Waals surface area contributed by atoms with Crippen molar-refractivity contribution in [3.05, 3.63) is 59.5 Å². The standard InChI is InChI=1S/C17H22N2/c1-5-6-17-11-19(13(17)3)14(4)18-10-15-7-8-16(9-15)12(18)2/h5-9,14-15H,2,10-11H2,1,3-4H3/b6-5-. The Labute approximate surface area is 116 Å². The van der Waals surface area contributed by atoms with Gasteiger partial charge in [0.1, 0.15) is 0 Å². The molecule has 0 saturated heterocycles. The van der Waals surface area contributed by atoms with Crippen LogP contribution in [-0.2, 0) is 0 Å². The molecule has 1 aliphatic carbocycles. The van der Waals surface area contributed by atoms with Gasteiger partial charge in [0.25, 0.3) is 0 Å². The highest BCUT2D eigenvalue weighted by atomic mass is 15.4. The Morgan fingerprint density at radius 1 is 1.42 bits per heavy atom.